The van der Waals surface area contributed by atoms with Crippen molar-refractivity contribution in [3.05, 3.63) is 28.3 Å². The first-order chi connectivity index (χ1) is 6.56. The Morgan fingerprint density at radius 2 is 2.14 bits per heavy atom. The molecule has 1 rings (SSSR count). The van der Waals surface area contributed by atoms with Gasteiger partial charge in [0.2, 0.25) is 0 Å². The summed E-state index contributed by atoms with van der Waals surface area (Å²) in [6.45, 7) is 4.63. The van der Waals surface area contributed by atoms with Crippen LogP contribution in [0.2, 0.25) is 5.02 Å². The van der Waals surface area contributed by atoms with E-state index in [4.69, 9.17) is 17.3 Å². The summed E-state index contributed by atoms with van der Waals surface area (Å²) in [5.74, 6) is 0.448. The standard InChI is InChI=1S/C11H16ClNO/c1-7-5-9(8(2)3-4-13)11(12)10(14)6-7/h5-6,8,14H,3-4,13H2,1-2H3. The first-order valence-electron chi connectivity index (χ1n) is 4.75. The largest absolute Gasteiger partial charge is 0.506 e. The Kier molecular flexibility index (Phi) is 3.78. The van der Waals surface area contributed by atoms with Gasteiger partial charge < -0.3 is 10.8 Å². The highest BCUT2D eigenvalue weighted by Gasteiger charge is 2.12. The second-order valence-corrected chi connectivity index (χ2v) is 4.04. The lowest BCUT2D eigenvalue weighted by molar-refractivity contribution is 0.473. The molecule has 3 N–H and O–H groups in total. The quantitative estimate of drug-likeness (QED) is 0.811. The van der Waals surface area contributed by atoms with Crippen LogP contribution < -0.4 is 5.73 Å². The molecule has 0 aliphatic carbocycles. The van der Waals surface area contributed by atoms with Gasteiger partial charge in [0, 0.05) is 0 Å². The van der Waals surface area contributed by atoms with Gasteiger partial charge in [0.05, 0.1) is 5.02 Å². The number of aryl methyl sites for hydroxylation is 1. The summed E-state index contributed by atoms with van der Waals surface area (Å²) in [4.78, 5) is 0. The van der Waals surface area contributed by atoms with Crippen molar-refractivity contribution in [1.82, 2.24) is 0 Å². The van der Waals surface area contributed by atoms with Gasteiger partial charge in [0.25, 0.3) is 0 Å². The van der Waals surface area contributed by atoms with Crippen LogP contribution in [-0.4, -0.2) is 11.7 Å². The number of aromatic hydroxyl groups is 1. The Morgan fingerprint density at radius 1 is 1.50 bits per heavy atom. The van der Waals surface area contributed by atoms with Crippen LogP contribution in [0.1, 0.15) is 30.4 Å². The molecule has 1 aromatic carbocycles. The predicted octanol–water partition coefficient (Wildman–Crippen LogP) is 2.81. The highest BCUT2D eigenvalue weighted by Crippen LogP contribution is 2.34. The minimum absolute atomic E-state index is 0.158. The topological polar surface area (TPSA) is 46.2 Å². The normalized spacial score (nSPS) is 12.9. The fraction of sp³-hybridized carbons (Fsp3) is 0.455. The number of nitrogens with two attached hydrogens (primary N) is 1. The Morgan fingerprint density at radius 3 is 2.71 bits per heavy atom. The maximum absolute atomic E-state index is 9.53. The molecule has 0 aliphatic rings. The zero-order valence-corrected chi connectivity index (χ0v) is 9.30. The number of hydrogen-bond donors (Lipinski definition) is 2. The molecule has 0 heterocycles. The Balaban J connectivity index is 3.07. The molecule has 0 aromatic heterocycles. The summed E-state index contributed by atoms with van der Waals surface area (Å²) in [7, 11) is 0. The third kappa shape index (κ3) is 2.40. The number of phenolic OH excluding ortho intramolecular Hbond substituents is 1. The summed E-state index contributed by atoms with van der Waals surface area (Å²) in [5.41, 5.74) is 7.49. The first kappa shape index (κ1) is 11.3. The molecule has 3 heteroatoms. The lowest BCUT2D eigenvalue weighted by Gasteiger charge is -2.14. The van der Waals surface area contributed by atoms with Crippen LogP contribution in [0.15, 0.2) is 12.1 Å². The Hall–Kier alpha value is -0.730. The lowest BCUT2D eigenvalue weighted by atomic mass is 9.96. The summed E-state index contributed by atoms with van der Waals surface area (Å²) < 4.78 is 0. The van der Waals surface area contributed by atoms with E-state index in [1.54, 1.807) is 6.07 Å². The average molecular weight is 214 g/mol. The fourth-order valence-electron chi connectivity index (χ4n) is 1.54. The second-order valence-electron chi connectivity index (χ2n) is 3.67. The van der Waals surface area contributed by atoms with E-state index in [1.807, 2.05) is 13.0 Å². The van der Waals surface area contributed by atoms with E-state index in [-0.39, 0.29) is 5.75 Å². The van der Waals surface area contributed by atoms with Crippen molar-refractivity contribution in [2.75, 3.05) is 6.54 Å². The van der Waals surface area contributed by atoms with E-state index >= 15 is 0 Å². The molecular formula is C11H16ClNO. The van der Waals surface area contributed by atoms with E-state index in [2.05, 4.69) is 6.92 Å². The van der Waals surface area contributed by atoms with E-state index < -0.39 is 0 Å². The average Bonchev–Trinajstić information content (AvgIpc) is 2.11. The molecule has 14 heavy (non-hydrogen) atoms. The van der Waals surface area contributed by atoms with Crippen LogP contribution in [0.4, 0.5) is 0 Å². The molecule has 78 valence electrons. The number of halogens is 1. The van der Waals surface area contributed by atoms with Gasteiger partial charge in [-0.15, -0.1) is 0 Å². The van der Waals surface area contributed by atoms with E-state index in [0.29, 0.717) is 17.5 Å². The molecule has 2 nitrogen and oxygen atoms in total. The Bertz CT molecular complexity index is 325. The Labute approximate surface area is 89.7 Å². The zero-order valence-electron chi connectivity index (χ0n) is 8.55. The molecule has 0 fully saturated rings. The summed E-state index contributed by atoms with van der Waals surface area (Å²) in [6.07, 6.45) is 0.878. The summed E-state index contributed by atoms with van der Waals surface area (Å²) in [6, 6.07) is 3.67. The van der Waals surface area contributed by atoms with Crippen LogP contribution in [-0.2, 0) is 0 Å². The van der Waals surface area contributed by atoms with Crippen LogP contribution in [0, 0.1) is 6.92 Å². The van der Waals surface area contributed by atoms with Crippen LogP contribution >= 0.6 is 11.6 Å². The summed E-state index contributed by atoms with van der Waals surface area (Å²) in [5, 5.41) is 9.99. The minimum Gasteiger partial charge on any atom is -0.506 e. The van der Waals surface area contributed by atoms with Crippen molar-refractivity contribution in [3.8, 4) is 5.75 Å². The number of hydrogen-bond acceptors (Lipinski definition) is 2. The van der Waals surface area contributed by atoms with Gasteiger partial charge in [-0.1, -0.05) is 24.6 Å². The smallest absolute Gasteiger partial charge is 0.134 e. The van der Waals surface area contributed by atoms with Gasteiger partial charge in [-0.05, 0) is 43.0 Å². The lowest BCUT2D eigenvalue weighted by Crippen LogP contribution is -2.05. The van der Waals surface area contributed by atoms with Crippen molar-refractivity contribution < 1.29 is 5.11 Å². The second kappa shape index (κ2) is 4.67. The maximum atomic E-state index is 9.53. The molecule has 1 atom stereocenters. The maximum Gasteiger partial charge on any atom is 0.134 e. The molecular weight excluding hydrogens is 198 g/mol. The van der Waals surface area contributed by atoms with E-state index in [0.717, 1.165) is 17.5 Å². The molecule has 0 aliphatic heterocycles. The monoisotopic (exact) mass is 213 g/mol. The van der Waals surface area contributed by atoms with Gasteiger partial charge >= 0.3 is 0 Å². The van der Waals surface area contributed by atoms with Crippen molar-refractivity contribution in [2.45, 2.75) is 26.2 Å². The number of benzene rings is 1. The zero-order chi connectivity index (χ0) is 10.7. The van der Waals surface area contributed by atoms with Crippen LogP contribution in [0.5, 0.6) is 5.75 Å². The van der Waals surface area contributed by atoms with Crippen molar-refractivity contribution >= 4 is 11.6 Å². The van der Waals surface area contributed by atoms with Crippen molar-refractivity contribution in [2.24, 2.45) is 5.73 Å². The number of rotatable bonds is 3. The number of phenols is 1. The first-order valence-corrected chi connectivity index (χ1v) is 5.13. The third-order valence-corrected chi connectivity index (χ3v) is 2.77. The molecule has 1 aromatic rings. The van der Waals surface area contributed by atoms with E-state index in [9.17, 15) is 5.11 Å². The minimum atomic E-state index is 0.158. The summed E-state index contributed by atoms with van der Waals surface area (Å²) >= 11 is 6.00. The van der Waals surface area contributed by atoms with Crippen LogP contribution in [0.3, 0.4) is 0 Å². The van der Waals surface area contributed by atoms with E-state index in [1.165, 1.54) is 0 Å². The van der Waals surface area contributed by atoms with Gasteiger partial charge in [-0.2, -0.15) is 0 Å². The van der Waals surface area contributed by atoms with Gasteiger partial charge in [-0.3, -0.25) is 0 Å². The van der Waals surface area contributed by atoms with Gasteiger partial charge in [0.15, 0.2) is 0 Å². The molecule has 0 radical (unpaired) electrons. The van der Waals surface area contributed by atoms with Crippen LogP contribution in [0.25, 0.3) is 0 Å². The SMILES string of the molecule is Cc1cc(O)c(Cl)c(C(C)CCN)c1. The highest BCUT2D eigenvalue weighted by atomic mass is 35.5. The predicted molar refractivity (Wildman–Crippen MR) is 59.9 cm³/mol. The van der Waals surface area contributed by atoms with Gasteiger partial charge in [0.1, 0.15) is 5.75 Å². The fourth-order valence-corrected chi connectivity index (χ4v) is 1.84. The molecule has 0 saturated heterocycles. The molecule has 0 amide bonds. The molecule has 0 bridgehead atoms. The molecule has 0 saturated carbocycles. The van der Waals surface area contributed by atoms with Crippen molar-refractivity contribution in [3.63, 3.8) is 0 Å². The highest BCUT2D eigenvalue weighted by molar-refractivity contribution is 6.32. The van der Waals surface area contributed by atoms with Crippen molar-refractivity contribution in [1.29, 1.82) is 0 Å². The molecule has 0 spiro atoms. The third-order valence-electron chi connectivity index (χ3n) is 2.36. The molecule has 1 unspecified atom stereocenters. The van der Waals surface area contributed by atoms with Gasteiger partial charge in [-0.25, -0.2) is 0 Å².